The van der Waals surface area contributed by atoms with E-state index in [1.54, 1.807) is 0 Å². The Bertz CT molecular complexity index is 668. The second kappa shape index (κ2) is 35.9. The molecule has 0 aliphatic carbocycles. The van der Waals surface area contributed by atoms with Crippen molar-refractivity contribution < 1.29 is 19.4 Å². The minimum atomic E-state index is -0.673. The molecule has 0 amide bonds. The van der Waals surface area contributed by atoms with Crippen molar-refractivity contribution in [1.29, 1.82) is 0 Å². The van der Waals surface area contributed by atoms with Gasteiger partial charge in [-0.05, 0) is 64.2 Å². The summed E-state index contributed by atoms with van der Waals surface area (Å²) in [4.78, 5) is 22.9. The first kappa shape index (κ1) is 42.4. The Morgan fingerprint density at radius 1 is 0.500 bits per heavy atom. The lowest BCUT2D eigenvalue weighted by atomic mass is 10.0. The second-order valence-electron chi connectivity index (χ2n) is 13.1. The van der Waals surface area contributed by atoms with Crippen molar-refractivity contribution in [1.82, 2.24) is 0 Å². The van der Waals surface area contributed by atoms with Crippen LogP contribution in [0.5, 0.6) is 0 Å². The van der Waals surface area contributed by atoms with Crippen molar-refractivity contribution in [3.63, 3.8) is 0 Å². The first-order chi connectivity index (χ1) is 21.6. The minimum Gasteiger partial charge on any atom is -0.481 e. The number of hydrogen-bond acceptors (Lipinski definition) is 3. The van der Waals surface area contributed by atoms with Gasteiger partial charge in [-0.3, -0.25) is 9.59 Å². The van der Waals surface area contributed by atoms with Gasteiger partial charge in [0, 0.05) is 12.8 Å². The third-order valence-electron chi connectivity index (χ3n) is 8.66. The second-order valence-corrected chi connectivity index (χ2v) is 13.1. The molecule has 44 heavy (non-hydrogen) atoms. The topological polar surface area (TPSA) is 63.6 Å². The molecular formula is C40H74O4. The van der Waals surface area contributed by atoms with Gasteiger partial charge in [-0.15, -0.1) is 0 Å². The van der Waals surface area contributed by atoms with E-state index in [1.807, 2.05) is 0 Å². The Morgan fingerprint density at radius 2 is 0.932 bits per heavy atom. The summed E-state index contributed by atoms with van der Waals surface area (Å²) in [5, 5.41) is 8.66. The monoisotopic (exact) mass is 619 g/mol. The van der Waals surface area contributed by atoms with Crippen molar-refractivity contribution in [3.05, 3.63) is 24.3 Å². The fourth-order valence-corrected chi connectivity index (χ4v) is 5.86. The molecule has 0 saturated heterocycles. The highest BCUT2D eigenvalue weighted by molar-refractivity contribution is 5.69. The van der Waals surface area contributed by atoms with Gasteiger partial charge in [0.1, 0.15) is 6.10 Å². The van der Waals surface area contributed by atoms with Gasteiger partial charge in [0.05, 0.1) is 0 Å². The summed E-state index contributed by atoms with van der Waals surface area (Å²) >= 11 is 0. The van der Waals surface area contributed by atoms with E-state index in [4.69, 9.17) is 9.84 Å². The molecule has 258 valence electrons. The summed E-state index contributed by atoms with van der Waals surface area (Å²) < 4.78 is 5.86. The number of allylic oxidation sites excluding steroid dienone is 4. The molecule has 0 aromatic rings. The van der Waals surface area contributed by atoms with Crippen LogP contribution in [0.3, 0.4) is 0 Å². The molecule has 4 nitrogen and oxygen atoms in total. The Balaban J connectivity index is 3.54. The molecule has 0 aliphatic rings. The number of carboxylic acids is 1. The number of aliphatic carboxylic acids is 1. The van der Waals surface area contributed by atoms with Crippen LogP contribution in [0.25, 0.3) is 0 Å². The molecule has 1 unspecified atom stereocenters. The summed E-state index contributed by atoms with van der Waals surface area (Å²) in [5.74, 6) is -0.656. The van der Waals surface area contributed by atoms with Gasteiger partial charge in [0.2, 0.25) is 0 Å². The van der Waals surface area contributed by atoms with Gasteiger partial charge < -0.3 is 9.84 Å². The van der Waals surface area contributed by atoms with E-state index in [0.717, 1.165) is 57.8 Å². The third kappa shape index (κ3) is 34.9. The molecule has 0 rings (SSSR count). The predicted octanol–water partition coefficient (Wildman–Crippen LogP) is 13.2. The number of carbonyl (C=O) groups excluding carboxylic acids is 1. The lowest BCUT2D eigenvalue weighted by molar-refractivity contribution is -0.150. The highest BCUT2D eigenvalue weighted by Gasteiger charge is 2.13. The quantitative estimate of drug-likeness (QED) is 0.0436. The normalized spacial score (nSPS) is 12.4. The molecule has 1 N–H and O–H groups in total. The fourth-order valence-electron chi connectivity index (χ4n) is 5.86. The molecular weight excluding hydrogens is 544 g/mol. The molecule has 0 aromatic heterocycles. The molecule has 0 fully saturated rings. The van der Waals surface area contributed by atoms with E-state index in [1.165, 1.54) is 128 Å². The number of hydrogen-bond donors (Lipinski definition) is 1. The van der Waals surface area contributed by atoms with Crippen LogP contribution in [0.1, 0.15) is 213 Å². The maximum absolute atomic E-state index is 12.4. The fraction of sp³-hybridized carbons (Fsp3) is 0.850. The standard InChI is InChI=1S/C40H74O4/c1-3-5-6-7-8-9-10-11-12-13-14-15-16-17-21-24-27-30-33-37-40(43)44-38(34-4-2)35-31-28-25-22-19-18-20-23-26-29-32-36-39(41)42/h8-9,11-12,38H,3-7,10,13-37H2,1-2H3,(H,41,42)/b9-8-,12-11-. The van der Waals surface area contributed by atoms with E-state index >= 15 is 0 Å². The van der Waals surface area contributed by atoms with Crippen LogP contribution in [-0.4, -0.2) is 23.1 Å². The Labute approximate surface area is 274 Å². The molecule has 4 heteroatoms. The van der Waals surface area contributed by atoms with Gasteiger partial charge in [0.15, 0.2) is 0 Å². The maximum Gasteiger partial charge on any atom is 0.306 e. The molecule has 0 aliphatic heterocycles. The average Bonchev–Trinajstić information content (AvgIpc) is 3.00. The third-order valence-corrected chi connectivity index (χ3v) is 8.66. The maximum atomic E-state index is 12.4. The molecule has 0 bridgehead atoms. The zero-order valence-corrected chi connectivity index (χ0v) is 29.5. The van der Waals surface area contributed by atoms with Crippen molar-refractivity contribution in [3.8, 4) is 0 Å². The van der Waals surface area contributed by atoms with Crippen LogP contribution in [-0.2, 0) is 14.3 Å². The van der Waals surface area contributed by atoms with Crippen LogP contribution in [0, 0.1) is 0 Å². The van der Waals surface area contributed by atoms with Crippen molar-refractivity contribution in [2.24, 2.45) is 0 Å². The number of esters is 1. The molecule has 1 atom stereocenters. The lowest BCUT2D eigenvalue weighted by Gasteiger charge is -2.17. The molecule has 0 heterocycles. The van der Waals surface area contributed by atoms with E-state index in [-0.39, 0.29) is 12.1 Å². The Morgan fingerprint density at radius 3 is 1.41 bits per heavy atom. The summed E-state index contributed by atoms with van der Waals surface area (Å²) in [6, 6.07) is 0. The van der Waals surface area contributed by atoms with Crippen LogP contribution in [0.2, 0.25) is 0 Å². The molecule has 0 aromatic carbocycles. The number of rotatable bonds is 35. The van der Waals surface area contributed by atoms with Crippen LogP contribution in [0.15, 0.2) is 24.3 Å². The van der Waals surface area contributed by atoms with Gasteiger partial charge in [-0.2, -0.15) is 0 Å². The first-order valence-electron chi connectivity index (χ1n) is 19.3. The highest BCUT2D eigenvalue weighted by Crippen LogP contribution is 2.17. The molecule has 0 saturated carbocycles. The summed E-state index contributed by atoms with van der Waals surface area (Å²) in [6.07, 6.45) is 45.4. The van der Waals surface area contributed by atoms with Crippen molar-refractivity contribution in [2.45, 2.75) is 219 Å². The summed E-state index contributed by atoms with van der Waals surface area (Å²) in [5.41, 5.74) is 0. The zero-order chi connectivity index (χ0) is 32.2. The number of carboxylic acid groups (broad SMARTS) is 1. The Kier molecular flexibility index (Phi) is 34.6. The van der Waals surface area contributed by atoms with Crippen molar-refractivity contribution >= 4 is 11.9 Å². The lowest BCUT2D eigenvalue weighted by Crippen LogP contribution is -2.18. The largest absolute Gasteiger partial charge is 0.481 e. The van der Waals surface area contributed by atoms with Crippen LogP contribution in [0.4, 0.5) is 0 Å². The minimum absolute atomic E-state index is 0.0171. The van der Waals surface area contributed by atoms with E-state index in [0.29, 0.717) is 12.8 Å². The SMILES string of the molecule is CCCCC/C=C\C/C=C\CCCCCCCCCCCC(=O)OC(CCC)CCCCCCCCCCCCCC(=O)O. The van der Waals surface area contributed by atoms with E-state index in [2.05, 4.69) is 38.2 Å². The van der Waals surface area contributed by atoms with E-state index < -0.39 is 5.97 Å². The Hall–Kier alpha value is -1.58. The molecule has 0 spiro atoms. The van der Waals surface area contributed by atoms with Gasteiger partial charge in [-0.25, -0.2) is 0 Å². The van der Waals surface area contributed by atoms with Crippen molar-refractivity contribution in [2.75, 3.05) is 0 Å². The van der Waals surface area contributed by atoms with Gasteiger partial charge in [0.25, 0.3) is 0 Å². The summed E-state index contributed by atoms with van der Waals surface area (Å²) in [6.45, 7) is 4.44. The van der Waals surface area contributed by atoms with Crippen LogP contribution >= 0.6 is 0 Å². The summed E-state index contributed by atoms with van der Waals surface area (Å²) in [7, 11) is 0. The van der Waals surface area contributed by atoms with Gasteiger partial charge in [-0.1, -0.05) is 160 Å². The van der Waals surface area contributed by atoms with Crippen LogP contribution < -0.4 is 0 Å². The predicted molar refractivity (Wildman–Crippen MR) is 190 cm³/mol. The number of unbranched alkanes of at least 4 members (excludes halogenated alkanes) is 22. The number of carbonyl (C=O) groups is 2. The average molecular weight is 619 g/mol. The first-order valence-corrected chi connectivity index (χ1v) is 19.3. The number of ether oxygens (including phenoxy) is 1. The van der Waals surface area contributed by atoms with E-state index in [9.17, 15) is 9.59 Å². The zero-order valence-electron chi connectivity index (χ0n) is 29.5. The smallest absolute Gasteiger partial charge is 0.306 e. The highest BCUT2D eigenvalue weighted by atomic mass is 16.5. The van der Waals surface area contributed by atoms with Gasteiger partial charge >= 0.3 is 11.9 Å². The molecule has 0 radical (unpaired) electrons.